The van der Waals surface area contributed by atoms with Crippen LogP contribution in [0.2, 0.25) is 0 Å². The summed E-state index contributed by atoms with van der Waals surface area (Å²) in [4.78, 5) is 36.9. The summed E-state index contributed by atoms with van der Waals surface area (Å²) >= 11 is 0. The summed E-state index contributed by atoms with van der Waals surface area (Å²) in [5, 5.41) is 0. The number of alkyl halides is 3. The molecular weight excluding hydrogens is 481 g/mol. The van der Waals surface area contributed by atoms with E-state index in [2.05, 4.69) is 9.88 Å². The van der Waals surface area contributed by atoms with Gasteiger partial charge in [-0.05, 0) is 55.4 Å². The molecule has 0 N–H and O–H groups in total. The first-order valence-corrected chi connectivity index (χ1v) is 13.2. The minimum atomic E-state index is -4.45. The lowest BCUT2D eigenvalue weighted by Crippen LogP contribution is -2.53. The molecule has 1 saturated heterocycles. The largest absolute Gasteiger partial charge is 0.417 e. The van der Waals surface area contributed by atoms with E-state index in [-0.39, 0.29) is 30.3 Å². The van der Waals surface area contributed by atoms with Crippen molar-refractivity contribution in [1.82, 2.24) is 14.8 Å². The van der Waals surface area contributed by atoms with E-state index in [0.29, 0.717) is 37.3 Å². The number of pyridine rings is 1. The number of nitrogens with zero attached hydrogens (tertiary/aromatic N) is 4. The Balaban J connectivity index is 1.16. The van der Waals surface area contributed by atoms with Crippen LogP contribution in [-0.4, -0.2) is 58.8 Å². The number of para-hydroxylation sites is 1. The van der Waals surface area contributed by atoms with Crippen LogP contribution in [0.3, 0.4) is 0 Å². The third kappa shape index (κ3) is 4.31. The van der Waals surface area contributed by atoms with E-state index in [1.807, 2.05) is 35.2 Å². The van der Waals surface area contributed by atoms with Crippen LogP contribution in [0, 0.1) is 11.3 Å². The Morgan fingerprint density at radius 3 is 2.65 bits per heavy atom. The first kappa shape index (κ1) is 24.4. The van der Waals surface area contributed by atoms with Gasteiger partial charge >= 0.3 is 6.18 Å². The number of amides is 2. The van der Waals surface area contributed by atoms with E-state index in [0.717, 1.165) is 56.6 Å². The molecule has 0 radical (unpaired) electrons. The molecule has 37 heavy (non-hydrogen) atoms. The predicted octanol–water partition coefficient (Wildman–Crippen LogP) is 4.28. The predicted molar refractivity (Wildman–Crippen MR) is 132 cm³/mol. The van der Waals surface area contributed by atoms with E-state index in [9.17, 15) is 22.8 Å². The summed E-state index contributed by atoms with van der Waals surface area (Å²) in [6, 6.07) is 11.0. The van der Waals surface area contributed by atoms with Crippen molar-refractivity contribution in [1.29, 1.82) is 0 Å². The lowest BCUT2D eigenvalue weighted by molar-refractivity contribution is -0.144. The van der Waals surface area contributed by atoms with Gasteiger partial charge in [-0.15, -0.1) is 0 Å². The highest BCUT2D eigenvalue weighted by molar-refractivity contribution is 5.95. The molecular formula is C28H31F3N4O2. The Labute approximate surface area is 214 Å². The Hall–Kier alpha value is -2.94. The van der Waals surface area contributed by atoms with Gasteiger partial charge in [-0.25, -0.2) is 0 Å². The second-order valence-corrected chi connectivity index (χ2v) is 11.0. The van der Waals surface area contributed by atoms with Gasteiger partial charge in [0.25, 0.3) is 0 Å². The Kier molecular flexibility index (Phi) is 6.01. The van der Waals surface area contributed by atoms with Crippen LogP contribution in [0.25, 0.3) is 0 Å². The third-order valence-electron chi connectivity index (χ3n) is 9.03. The Morgan fingerprint density at radius 1 is 1.08 bits per heavy atom. The smallest absolute Gasteiger partial charge is 0.337 e. The maximum Gasteiger partial charge on any atom is 0.417 e. The third-order valence-corrected chi connectivity index (χ3v) is 9.03. The van der Waals surface area contributed by atoms with Gasteiger partial charge in [-0.1, -0.05) is 24.6 Å². The summed E-state index contributed by atoms with van der Waals surface area (Å²) in [6.45, 7) is 2.41. The van der Waals surface area contributed by atoms with Gasteiger partial charge in [-0.2, -0.15) is 13.2 Å². The number of carbonyl (C=O) groups is 2. The Morgan fingerprint density at radius 2 is 1.89 bits per heavy atom. The number of carbonyl (C=O) groups excluding carboxylic acids is 2. The number of piperazine rings is 1. The maximum atomic E-state index is 14.0. The molecule has 2 saturated carbocycles. The lowest BCUT2D eigenvalue weighted by atomic mass is 9.78. The average Bonchev–Trinajstić information content (AvgIpc) is 3.46. The number of hydrogen-bond donors (Lipinski definition) is 0. The summed E-state index contributed by atoms with van der Waals surface area (Å²) in [7, 11) is 0. The minimum absolute atomic E-state index is 0.0785. The van der Waals surface area contributed by atoms with Gasteiger partial charge in [0.1, 0.15) is 0 Å². The summed E-state index contributed by atoms with van der Waals surface area (Å²) in [5.74, 6) is 0.415. The number of rotatable bonds is 3. The van der Waals surface area contributed by atoms with Crippen molar-refractivity contribution in [2.75, 3.05) is 31.1 Å². The molecule has 2 aliphatic carbocycles. The van der Waals surface area contributed by atoms with Crippen molar-refractivity contribution < 1.29 is 22.8 Å². The van der Waals surface area contributed by atoms with Crippen LogP contribution in [0.1, 0.15) is 48.9 Å². The van der Waals surface area contributed by atoms with Gasteiger partial charge in [-0.3, -0.25) is 19.5 Å². The first-order chi connectivity index (χ1) is 17.7. The molecule has 6 rings (SSSR count). The highest BCUT2D eigenvalue weighted by Gasteiger charge is 2.57. The second kappa shape index (κ2) is 9.11. The van der Waals surface area contributed by atoms with Crippen molar-refractivity contribution in [2.24, 2.45) is 11.3 Å². The molecule has 1 aromatic carbocycles. The molecule has 3 heterocycles. The van der Waals surface area contributed by atoms with Crippen molar-refractivity contribution in [3.05, 3.63) is 59.4 Å². The van der Waals surface area contributed by atoms with Crippen molar-refractivity contribution in [3.8, 4) is 0 Å². The number of hydrogen-bond acceptors (Lipinski definition) is 4. The number of aromatic nitrogens is 1. The maximum absolute atomic E-state index is 14.0. The standard InChI is InChI=1S/C28H31F3N4O2/c29-28(30,31)21-13-19-17-34(10-8-24(19)32-16-21)26(37)27-9-4-5-20(27)14-23(15-27)33-11-12-35(25(36)18-33)22-6-2-1-3-7-22/h1-3,6-7,13,16,20,23H,4-5,8-12,14-15,17-18H2/t20-,23+,27-/m1/s1. The summed E-state index contributed by atoms with van der Waals surface area (Å²) < 4.78 is 39.8. The zero-order valence-corrected chi connectivity index (χ0v) is 20.7. The number of anilines is 1. The normalized spacial score (nSPS) is 28.4. The SMILES string of the molecule is O=C1CN([C@H]2C[C@H]3CCC[C@@]3(C(=O)N3CCc4ncc(C(F)(F)F)cc4C3)C2)CCN1c1ccccc1. The van der Waals surface area contributed by atoms with E-state index >= 15 is 0 Å². The van der Waals surface area contributed by atoms with Gasteiger partial charge in [0.2, 0.25) is 11.8 Å². The van der Waals surface area contributed by atoms with Crippen LogP contribution in [0.5, 0.6) is 0 Å². The molecule has 0 bridgehead atoms. The zero-order valence-electron chi connectivity index (χ0n) is 20.7. The molecule has 0 unspecified atom stereocenters. The molecule has 1 aromatic heterocycles. The zero-order chi connectivity index (χ0) is 25.8. The van der Waals surface area contributed by atoms with E-state index in [1.165, 1.54) is 0 Å². The van der Waals surface area contributed by atoms with Crippen LogP contribution in [0.4, 0.5) is 18.9 Å². The molecule has 6 nitrogen and oxygen atoms in total. The molecule has 4 aliphatic rings. The highest BCUT2D eigenvalue weighted by atomic mass is 19.4. The van der Waals surface area contributed by atoms with Crippen LogP contribution < -0.4 is 4.90 Å². The van der Waals surface area contributed by atoms with Crippen LogP contribution in [0.15, 0.2) is 42.6 Å². The molecule has 2 aromatic rings. The molecule has 3 fully saturated rings. The average molecular weight is 513 g/mol. The summed E-state index contributed by atoms with van der Waals surface area (Å²) in [5.41, 5.74) is 0.819. The Bertz CT molecular complexity index is 1200. The fourth-order valence-electron chi connectivity index (χ4n) is 7.19. The molecule has 2 aliphatic heterocycles. The van der Waals surface area contributed by atoms with E-state index < -0.39 is 17.2 Å². The second-order valence-electron chi connectivity index (χ2n) is 11.0. The van der Waals surface area contributed by atoms with Crippen molar-refractivity contribution in [3.63, 3.8) is 0 Å². The minimum Gasteiger partial charge on any atom is -0.337 e. The molecule has 9 heteroatoms. The highest BCUT2D eigenvalue weighted by Crippen LogP contribution is 2.56. The van der Waals surface area contributed by atoms with Gasteiger partial charge < -0.3 is 9.80 Å². The first-order valence-electron chi connectivity index (χ1n) is 13.2. The van der Waals surface area contributed by atoms with Crippen LogP contribution >= 0.6 is 0 Å². The van der Waals surface area contributed by atoms with Gasteiger partial charge in [0.05, 0.1) is 17.5 Å². The van der Waals surface area contributed by atoms with Crippen molar-refractivity contribution >= 4 is 17.5 Å². The van der Waals surface area contributed by atoms with Gasteiger partial charge in [0.15, 0.2) is 0 Å². The molecule has 196 valence electrons. The number of benzene rings is 1. The molecule has 2 amide bonds. The van der Waals surface area contributed by atoms with Gasteiger partial charge in [0, 0.05) is 56.2 Å². The fraction of sp³-hybridized carbons (Fsp3) is 0.536. The number of halogens is 3. The summed E-state index contributed by atoms with van der Waals surface area (Å²) in [6.07, 6.45) is 1.33. The molecule has 3 atom stereocenters. The van der Waals surface area contributed by atoms with Crippen molar-refractivity contribution in [2.45, 2.75) is 57.3 Å². The van der Waals surface area contributed by atoms with E-state index in [4.69, 9.17) is 0 Å². The number of fused-ring (bicyclic) bond motifs is 2. The lowest BCUT2D eigenvalue weighted by Gasteiger charge is -2.39. The quantitative estimate of drug-likeness (QED) is 0.616. The van der Waals surface area contributed by atoms with E-state index in [1.54, 1.807) is 4.90 Å². The molecule has 0 spiro atoms. The van der Waals surface area contributed by atoms with Crippen LogP contribution in [-0.2, 0) is 28.7 Å². The fourth-order valence-corrected chi connectivity index (χ4v) is 7.19. The monoisotopic (exact) mass is 512 g/mol. The topological polar surface area (TPSA) is 56.8 Å².